The SMILES string of the molecule is CC(C(=O)Nc1cc(C(C)(C)C)[nH]n1)=C1CNC1. The predicted octanol–water partition coefficient (Wildman–Crippen LogP) is 1.57. The molecule has 1 fully saturated rings. The third-order valence-electron chi connectivity index (χ3n) is 3.18. The molecule has 1 aliphatic rings. The third-order valence-corrected chi connectivity index (χ3v) is 3.18. The predicted molar refractivity (Wildman–Crippen MR) is 71.5 cm³/mol. The van der Waals surface area contributed by atoms with E-state index in [1.165, 1.54) is 5.57 Å². The Balaban J connectivity index is 2.06. The Morgan fingerprint density at radius 3 is 2.50 bits per heavy atom. The molecule has 0 atom stereocenters. The zero-order valence-corrected chi connectivity index (χ0v) is 11.3. The Labute approximate surface area is 107 Å². The van der Waals surface area contributed by atoms with Gasteiger partial charge in [0.2, 0.25) is 0 Å². The topological polar surface area (TPSA) is 69.8 Å². The number of hydrogen-bond donors (Lipinski definition) is 3. The minimum absolute atomic E-state index is 0.00137. The molecule has 2 rings (SSSR count). The van der Waals surface area contributed by atoms with Crippen LogP contribution in [0.5, 0.6) is 0 Å². The zero-order chi connectivity index (χ0) is 13.3. The molecule has 0 unspecified atom stereocenters. The van der Waals surface area contributed by atoms with Crippen molar-refractivity contribution in [2.75, 3.05) is 18.4 Å². The van der Waals surface area contributed by atoms with Crippen LogP contribution in [0.2, 0.25) is 0 Å². The van der Waals surface area contributed by atoms with Gasteiger partial charge in [-0.05, 0) is 12.5 Å². The molecular formula is C13H20N4O. The number of rotatable bonds is 2. The van der Waals surface area contributed by atoms with Crippen LogP contribution >= 0.6 is 0 Å². The highest BCUT2D eigenvalue weighted by Crippen LogP contribution is 2.22. The smallest absolute Gasteiger partial charge is 0.252 e. The van der Waals surface area contributed by atoms with Crippen molar-refractivity contribution in [3.63, 3.8) is 0 Å². The molecule has 1 aromatic rings. The minimum Gasteiger partial charge on any atom is -0.309 e. The molecule has 0 bridgehead atoms. The summed E-state index contributed by atoms with van der Waals surface area (Å²) >= 11 is 0. The Morgan fingerprint density at radius 2 is 2.06 bits per heavy atom. The summed E-state index contributed by atoms with van der Waals surface area (Å²) in [6, 6.07) is 1.88. The summed E-state index contributed by atoms with van der Waals surface area (Å²) in [5.41, 5.74) is 2.96. The van der Waals surface area contributed by atoms with Gasteiger partial charge in [0.25, 0.3) is 5.91 Å². The van der Waals surface area contributed by atoms with E-state index >= 15 is 0 Å². The van der Waals surface area contributed by atoms with Crippen molar-refractivity contribution in [3.8, 4) is 0 Å². The van der Waals surface area contributed by atoms with Crippen LogP contribution in [0.3, 0.4) is 0 Å². The third kappa shape index (κ3) is 2.61. The van der Waals surface area contributed by atoms with Crippen molar-refractivity contribution in [2.24, 2.45) is 0 Å². The molecule has 0 spiro atoms. The molecule has 1 amide bonds. The summed E-state index contributed by atoms with van der Waals surface area (Å²) < 4.78 is 0. The first-order valence-corrected chi connectivity index (χ1v) is 6.14. The summed E-state index contributed by atoms with van der Waals surface area (Å²) in [5.74, 6) is 0.510. The Bertz CT molecular complexity index is 487. The van der Waals surface area contributed by atoms with Crippen molar-refractivity contribution in [3.05, 3.63) is 22.9 Å². The van der Waals surface area contributed by atoms with Gasteiger partial charge in [0.1, 0.15) is 0 Å². The maximum absolute atomic E-state index is 12.0. The fraction of sp³-hybridized carbons (Fsp3) is 0.538. The van der Waals surface area contributed by atoms with Crippen LogP contribution in [0.1, 0.15) is 33.4 Å². The standard InChI is InChI=1S/C13H20N4O/c1-8(9-6-14-7-9)12(18)15-11-5-10(16-17-11)13(2,3)4/h5,14H,6-7H2,1-4H3,(H2,15,16,17,18). The van der Waals surface area contributed by atoms with Crippen LogP contribution in [0.15, 0.2) is 17.2 Å². The number of hydrogen-bond acceptors (Lipinski definition) is 3. The van der Waals surface area contributed by atoms with Gasteiger partial charge in [-0.1, -0.05) is 20.8 Å². The van der Waals surface area contributed by atoms with E-state index in [1.807, 2.05) is 13.0 Å². The lowest BCUT2D eigenvalue weighted by molar-refractivity contribution is -0.112. The molecule has 2 heterocycles. The van der Waals surface area contributed by atoms with Crippen LogP contribution < -0.4 is 10.6 Å². The first-order valence-electron chi connectivity index (χ1n) is 6.14. The van der Waals surface area contributed by atoms with E-state index in [4.69, 9.17) is 0 Å². The van der Waals surface area contributed by atoms with Gasteiger partial charge in [0, 0.05) is 35.8 Å². The molecule has 0 aliphatic carbocycles. The first-order chi connectivity index (χ1) is 8.38. The van der Waals surface area contributed by atoms with E-state index in [2.05, 4.69) is 41.6 Å². The molecule has 3 N–H and O–H groups in total. The van der Waals surface area contributed by atoms with Gasteiger partial charge in [-0.25, -0.2) is 0 Å². The number of nitrogens with zero attached hydrogens (tertiary/aromatic N) is 1. The Hall–Kier alpha value is -1.62. The second-order valence-corrected chi connectivity index (χ2v) is 5.70. The number of anilines is 1. The molecule has 0 aromatic carbocycles. The fourth-order valence-corrected chi connectivity index (χ4v) is 1.66. The summed E-state index contributed by atoms with van der Waals surface area (Å²) in [6.45, 7) is 9.76. The van der Waals surface area contributed by atoms with Crippen LogP contribution in [-0.2, 0) is 10.2 Å². The van der Waals surface area contributed by atoms with Gasteiger partial charge >= 0.3 is 0 Å². The number of carbonyl (C=O) groups is 1. The molecule has 1 aliphatic heterocycles. The van der Waals surface area contributed by atoms with E-state index in [9.17, 15) is 4.79 Å². The van der Waals surface area contributed by atoms with E-state index in [0.717, 1.165) is 24.4 Å². The Kier molecular flexibility index (Phi) is 3.26. The summed E-state index contributed by atoms with van der Waals surface area (Å²) in [4.78, 5) is 12.0. The van der Waals surface area contributed by atoms with Crippen LogP contribution in [0, 0.1) is 0 Å². The normalized spacial score (nSPS) is 15.2. The number of amides is 1. The highest BCUT2D eigenvalue weighted by molar-refractivity contribution is 6.03. The van der Waals surface area contributed by atoms with Gasteiger partial charge in [-0.15, -0.1) is 0 Å². The summed E-state index contributed by atoms with van der Waals surface area (Å²) in [6.07, 6.45) is 0. The second kappa shape index (κ2) is 4.57. The monoisotopic (exact) mass is 248 g/mol. The highest BCUT2D eigenvalue weighted by atomic mass is 16.1. The second-order valence-electron chi connectivity index (χ2n) is 5.70. The molecule has 1 saturated heterocycles. The minimum atomic E-state index is -0.0709. The molecular weight excluding hydrogens is 228 g/mol. The largest absolute Gasteiger partial charge is 0.309 e. The van der Waals surface area contributed by atoms with Crippen LogP contribution in [-0.4, -0.2) is 29.2 Å². The van der Waals surface area contributed by atoms with E-state index in [1.54, 1.807) is 0 Å². The van der Waals surface area contributed by atoms with Crippen molar-refractivity contribution < 1.29 is 4.79 Å². The molecule has 98 valence electrons. The molecule has 5 heteroatoms. The van der Waals surface area contributed by atoms with Gasteiger partial charge in [-0.2, -0.15) is 5.10 Å². The van der Waals surface area contributed by atoms with Gasteiger partial charge in [0.15, 0.2) is 5.82 Å². The highest BCUT2D eigenvalue weighted by Gasteiger charge is 2.19. The average Bonchev–Trinajstić information content (AvgIpc) is 2.62. The molecule has 0 saturated carbocycles. The lowest BCUT2D eigenvalue weighted by Crippen LogP contribution is -2.36. The van der Waals surface area contributed by atoms with E-state index < -0.39 is 0 Å². The first kappa shape index (κ1) is 12.8. The van der Waals surface area contributed by atoms with Crippen molar-refractivity contribution in [1.29, 1.82) is 0 Å². The Morgan fingerprint density at radius 1 is 1.39 bits per heavy atom. The number of H-pyrrole nitrogens is 1. The molecule has 5 nitrogen and oxygen atoms in total. The van der Waals surface area contributed by atoms with E-state index in [0.29, 0.717) is 5.82 Å². The van der Waals surface area contributed by atoms with E-state index in [-0.39, 0.29) is 11.3 Å². The number of carbonyl (C=O) groups excluding carboxylic acids is 1. The molecule has 1 aromatic heterocycles. The molecule has 18 heavy (non-hydrogen) atoms. The summed E-state index contributed by atoms with van der Waals surface area (Å²) in [5, 5.41) is 13.0. The average molecular weight is 248 g/mol. The zero-order valence-electron chi connectivity index (χ0n) is 11.3. The summed E-state index contributed by atoms with van der Waals surface area (Å²) in [7, 11) is 0. The van der Waals surface area contributed by atoms with Crippen LogP contribution in [0.25, 0.3) is 0 Å². The fourth-order valence-electron chi connectivity index (χ4n) is 1.66. The van der Waals surface area contributed by atoms with Crippen molar-refractivity contribution in [2.45, 2.75) is 33.1 Å². The quantitative estimate of drug-likeness (QED) is 0.696. The molecule has 0 radical (unpaired) electrons. The number of aromatic nitrogens is 2. The number of nitrogens with one attached hydrogen (secondary N) is 3. The van der Waals surface area contributed by atoms with Gasteiger partial charge in [-0.3, -0.25) is 9.89 Å². The lowest BCUT2D eigenvalue weighted by atomic mass is 9.92. The van der Waals surface area contributed by atoms with Crippen molar-refractivity contribution in [1.82, 2.24) is 15.5 Å². The van der Waals surface area contributed by atoms with Crippen molar-refractivity contribution >= 4 is 11.7 Å². The maximum Gasteiger partial charge on any atom is 0.252 e. The van der Waals surface area contributed by atoms with Gasteiger partial charge in [0.05, 0.1) is 0 Å². The maximum atomic E-state index is 12.0. The van der Waals surface area contributed by atoms with Crippen LogP contribution in [0.4, 0.5) is 5.82 Å². The van der Waals surface area contributed by atoms with Gasteiger partial charge < -0.3 is 10.6 Å². The number of aromatic amines is 1. The lowest BCUT2D eigenvalue weighted by Gasteiger charge is -2.21.